The molecule has 0 aliphatic heterocycles. The Morgan fingerprint density at radius 3 is 2.21 bits per heavy atom. The number of carbonyl (C=O) groups excluding carboxylic acids is 1. The number of ether oxygens (including phenoxy) is 1. The molecule has 2 aromatic carbocycles. The van der Waals surface area contributed by atoms with E-state index >= 15 is 0 Å². The molecule has 0 spiro atoms. The molecule has 0 aliphatic rings. The summed E-state index contributed by atoms with van der Waals surface area (Å²) in [6.45, 7) is 2.64. The average Bonchev–Trinajstić information content (AvgIpc) is 2.65. The molecule has 0 saturated carbocycles. The maximum absolute atomic E-state index is 14.7. The molecule has 1 unspecified atom stereocenters. The number of halogens is 6. The van der Waals surface area contributed by atoms with Crippen LogP contribution in [0.2, 0.25) is 5.02 Å². The first-order valence-electron chi connectivity index (χ1n) is 7.89. The van der Waals surface area contributed by atoms with Crippen LogP contribution in [0.5, 0.6) is 0 Å². The number of benzene rings is 2. The van der Waals surface area contributed by atoms with Gasteiger partial charge in [0.05, 0.1) is 4.48 Å². The van der Waals surface area contributed by atoms with Crippen molar-refractivity contribution in [3.8, 4) is 0 Å². The van der Waals surface area contributed by atoms with Crippen LogP contribution in [0.15, 0.2) is 65.7 Å². The molecule has 0 saturated heterocycles. The number of alkyl halides is 4. The van der Waals surface area contributed by atoms with Crippen LogP contribution in [-0.2, 0) is 11.3 Å². The zero-order chi connectivity index (χ0) is 20.9. The summed E-state index contributed by atoms with van der Waals surface area (Å²) in [4.78, 5) is 12.0. The number of hydrogen-bond acceptors (Lipinski definition) is 2. The molecule has 0 aliphatic carbocycles. The molecule has 9 heteroatoms. The summed E-state index contributed by atoms with van der Waals surface area (Å²) in [5, 5.41) is 2.04. The third-order valence-corrected chi connectivity index (χ3v) is 4.55. The molecule has 2 aromatic rings. The minimum Gasteiger partial charge on any atom is -0.445 e. The zero-order valence-corrected chi connectivity index (χ0v) is 16.6. The van der Waals surface area contributed by atoms with Crippen LogP contribution in [0.1, 0.15) is 17.2 Å². The highest BCUT2D eigenvalue weighted by Gasteiger charge is 2.63. The van der Waals surface area contributed by atoms with Crippen LogP contribution in [0.25, 0.3) is 0 Å². The van der Waals surface area contributed by atoms with Gasteiger partial charge in [0.2, 0.25) is 0 Å². The van der Waals surface area contributed by atoms with E-state index in [0.717, 1.165) is 12.1 Å². The Kier molecular flexibility index (Phi) is 7.11. The van der Waals surface area contributed by atoms with Crippen molar-refractivity contribution in [1.82, 2.24) is 5.32 Å². The van der Waals surface area contributed by atoms with Gasteiger partial charge in [-0.15, -0.1) is 0 Å². The summed E-state index contributed by atoms with van der Waals surface area (Å²) in [6, 6.07) is 10.8. The van der Waals surface area contributed by atoms with E-state index in [1.165, 1.54) is 12.1 Å². The lowest BCUT2D eigenvalue weighted by Crippen LogP contribution is -2.51. The monoisotopic (exact) mass is 479 g/mol. The van der Waals surface area contributed by atoms with Crippen molar-refractivity contribution >= 4 is 33.6 Å². The number of nitrogens with one attached hydrogen (secondary N) is 1. The van der Waals surface area contributed by atoms with Crippen molar-refractivity contribution in [3.63, 3.8) is 0 Å². The van der Waals surface area contributed by atoms with Crippen molar-refractivity contribution in [2.75, 3.05) is 0 Å². The normalized spacial score (nSPS) is 12.9. The molecule has 0 aromatic heterocycles. The van der Waals surface area contributed by atoms with Gasteiger partial charge in [0.1, 0.15) is 12.6 Å². The second-order valence-corrected chi connectivity index (χ2v) is 7.19. The number of allylic oxidation sites excluding steroid dienone is 1. The van der Waals surface area contributed by atoms with Gasteiger partial charge in [-0.05, 0) is 39.2 Å². The molecule has 0 heterocycles. The summed E-state index contributed by atoms with van der Waals surface area (Å²) in [5.41, 5.74) is 0.325. The number of rotatable bonds is 7. The SMILES string of the molecule is C=C(Br)C(F)(F)C(F)(F)C(NC(=O)OCc1ccccc1)c1ccc(Cl)cc1. The average molecular weight is 481 g/mol. The fraction of sp³-hybridized carbons (Fsp3) is 0.211. The Labute approximate surface area is 172 Å². The Bertz CT molecular complexity index is 832. The number of alkyl carbamates (subject to hydrolysis) is 1. The predicted octanol–water partition coefficient (Wildman–Crippen LogP) is 6.49. The van der Waals surface area contributed by atoms with Gasteiger partial charge in [-0.3, -0.25) is 0 Å². The molecule has 1 amide bonds. The molecule has 0 bridgehead atoms. The maximum Gasteiger partial charge on any atom is 0.408 e. The Morgan fingerprint density at radius 1 is 1.11 bits per heavy atom. The maximum atomic E-state index is 14.7. The molecular formula is C19H15BrClF4NO2. The molecule has 2 rings (SSSR count). The molecule has 1 N–H and O–H groups in total. The van der Waals surface area contributed by atoms with Crippen LogP contribution in [0.4, 0.5) is 22.4 Å². The summed E-state index contributed by atoms with van der Waals surface area (Å²) >= 11 is 8.05. The minimum atomic E-state index is -4.72. The molecule has 150 valence electrons. The second-order valence-electron chi connectivity index (χ2n) is 5.79. The van der Waals surface area contributed by atoms with Crippen molar-refractivity contribution in [2.45, 2.75) is 24.5 Å². The largest absolute Gasteiger partial charge is 0.445 e. The Hall–Kier alpha value is -2.06. The van der Waals surface area contributed by atoms with Gasteiger partial charge in [0.15, 0.2) is 0 Å². The minimum absolute atomic E-state index is 0.215. The quantitative estimate of drug-likeness (QED) is 0.460. The number of hydrogen-bond donors (Lipinski definition) is 1. The topological polar surface area (TPSA) is 38.3 Å². The molecule has 0 fully saturated rings. The summed E-state index contributed by atoms with van der Waals surface area (Å²) < 4.78 is 61.3. The van der Waals surface area contributed by atoms with Crippen molar-refractivity contribution in [3.05, 3.63) is 81.8 Å². The third kappa shape index (κ3) is 5.05. The van der Waals surface area contributed by atoms with E-state index in [0.29, 0.717) is 5.56 Å². The second kappa shape index (κ2) is 8.96. The summed E-state index contributed by atoms with van der Waals surface area (Å²) in [6.07, 6.45) is -1.28. The zero-order valence-electron chi connectivity index (χ0n) is 14.3. The van der Waals surface area contributed by atoms with E-state index in [4.69, 9.17) is 16.3 Å². The van der Waals surface area contributed by atoms with Crippen molar-refractivity contribution < 1.29 is 27.1 Å². The highest BCUT2D eigenvalue weighted by molar-refractivity contribution is 9.11. The van der Waals surface area contributed by atoms with Crippen LogP contribution >= 0.6 is 27.5 Å². The van der Waals surface area contributed by atoms with E-state index in [-0.39, 0.29) is 17.2 Å². The Balaban J connectivity index is 2.27. The standard InChI is InChI=1S/C19H15BrClF4NO2/c1-12(20)18(22,23)19(24,25)16(14-7-9-15(21)10-8-14)26-17(27)28-11-13-5-3-2-4-6-13/h2-10,16H,1,11H2,(H,26,27). The van der Waals surface area contributed by atoms with Crippen molar-refractivity contribution in [1.29, 1.82) is 0 Å². The van der Waals surface area contributed by atoms with E-state index < -0.39 is 28.5 Å². The fourth-order valence-electron chi connectivity index (χ4n) is 2.28. The first kappa shape index (κ1) is 22.2. The van der Waals surface area contributed by atoms with Gasteiger partial charge in [-0.25, -0.2) is 4.79 Å². The summed E-state index contributed by atoms with van der Waals surface area (Å²) in [7, 11) is 0. The van der Waals surface area contributed by atoms with Gasteiger partial charge in [0.25, 0.3) is 0 Å². The van der Waals surface area contributed by atoms with Gasteiger partial charge >= 0.3 is 17.9 Å². The lowest BCUT2D eigenvalue weighted by Gasteiger charge is -2.33. The predicted molar refractivity (Wildman–Crippen MR) is 102 cm³/mol. The van der Waals surface area contributed by atoms with Gasteiger partial charge in [0, 0.05) is 5.02 Å². The first-order valence-corrected chi connectivity index (χ1v) is 9.06. The lowest BCUT2D eigenvalue weighted by molar-refractivity contribution is -0.198. The van der Waals surface area contributed by atoms with Crippen LogP contribution < -0.4 is 5.32 Å². The van der Waals surface area contributed by atoms with Gasteiger partial charge in [-0.2, -0.15) is 17.6 Å². The van der Waals surface area contributed by atoms with Crippen molar-refractivity contribution in [2.24, 2.45) is 0 Å². The highest BCUT2D eigenvalue weighted by Crippen LogP contribution is 2.48. The molecule has 1 atom stereocenters. The highest BCUT2D eigenvalue weighted by atomic mass is 79.9. The lowest BCUT2D eigenvalue weighted by atomic mass is 9.95. The molecule has 28 heavy (non-hydrogen) atoms. The van der Waals surface area contributed by atoms with E-state index in [2.05, 4.69) is 22.5 Å². The molecule has 3 nitrogen and oxygen atoms in total. The smallest absolute Gasteiger partial charge is 0.408 e. The molecule has 0 radical (unpaired) electrons. The van der Waals surface area contributed by atoms with E-state index in [1.807, 2.05) is 5.32 Å². The number of carbonyl (C=O) groups is 1. The summed E-state index contributed by atoms with van der Waals surface area (Å²) in [5.74, 6) is -9.36. The van der Waals surface area contributed by atoms with Crippen LogP contribution in [-0.4, -0.2) is 17.9 Å². The van der Waals surface area contributed by atoms with E-state index in [1.54, 1.807) is 30.3 Å². The Morgan fingerprint density at radius 2 is 1.68 bits per heavy atom. The van der Waals surface area contributed by atoms with E-state index in [9.17, 15) is 22.4 Å². The van der Waals surface area contributed by atoms with Gasteiger partial charge in [-0.1, -0.05) is 60.6 Å². The number of amides is 1. The van der Waals surface area contributed by atoms with Gasteiger partial charge < -0.3 is 10.1 Å². The third-order valence-electron chi connectivity index (χ3n) is 3.80. The first-order chi connectivity index (χ1) is 13.1. The molecular weight excluding hydrogens is 466 g/mol. The van der Waals surface area contributed by atoms with Crippen LogP contribution in [0, 0.1) is 0 Å². The van der Waals surface area contributed by atoms with Crippen LogP contribution in [0.3, 0.4) is 0 Å². The fourth-order valence-corrected chi connectivity index (χ4v) is 2.67.